The maximum atomic E-state index is 6.43. The predicted molar refractivity (Wildman–Crippen MR) is 125 cm³/mol. The smallest absolute Gasteiger partial charge is 0.158 e. The Morgan fingerprint density at radius 2 is 1.84 bits per heavy atom. The highest BCUT2D eigenvalue weighted by molar-refractivity contribution is 6.42. The minimum absolute atomic E-state index is 0.0752. The van der Waals surface area contributed by atoms with Crippen molar-refractivity contribution in [3.05, 3.63) is 63.4 Å². The van der Waals surface area contributed by atoms with Gasteiger partial charge in [-0.05, 0) is 43.9 Å². The summed E-state index contributed by atoms with van der Waals surface area (Å²) in [5, 5.41) is 14.2. The molecule has 8 heteroatoms. The second-order valence-corrected chi connectivity index (χ2v) is 10.3. The Bertz CT molecular complexity index is 1180. The number of nitrogens with zero attached hydrogens (tertiary/aromatic N) is 5. The highest BCUT2D eigenvalue weighted by Crippen LogP contribution is 2.44. The molecule has 0 amide bonds. The minimum atomic E-state index is -0.190. The van der Waals surface area contributed by atoms with E-state index in [-0.39, 0.29) is 11.5 Å². The molecule has 2 aliphatic rings. The number of hydrogen-bond donors (Lipinski definition) is 1. The fourth-order valence-corrected chi connectivity index (χ4v) is 4.57. The van der Waals surface area contributed by atoms with Gasteiger partial charge < -0.3 is 5.32 Å². The summed E-state index contributed by atoms with van der Waals surface area (Å²) in [7, 11) is 0. The number of halogens is 2. The van der Waals surface area contributed by atoms with Crippen LogP contribution < -0.4 is 5.32 Å². The van der Waals surface area contributed by atoms with Crippen molar-refractivity contribution in [2.75, 3.05) is 5.32 Å². The van der Waals surface area contributed by atoms with E-state index in [1.807, 2.05) is 22.9 Å². The van der Waals surface area contributed by atoms with Gasteiger partial charge in [0, 0.05) is 22.8 Å². The summed E-state index contributed by atoms with van der Waals surface area (Å²) in [6, 6.07) is 8.13. The average Bonchev–Trinajstić information content (AvgIpc) is 3.28. The third-order valence-corrected chi connectivity index (χ3v) is 6.97. The first-order valence-corrected chi connectivity index (χ1v) is 11.4. The lowest BCUT2D eigenvalue weighted by Crippen LogP contribution is -2.28. The van der Waals surface area contributed by atoms with Crippen LogP contribution in [-0.4, -0.2) is 24.5 Å². The van der Waals surface area contributed by atoms with Crippen LogP contribution in [0.4, 0.5) is 5.82 Å². The molecule has 0 saturated heterocycles. The van der Waals surface area contributed by atoms with Crippen molar-refractivity contribution in [1.82, 2.24) is 24.5 Å². The van der Waals surface area contributed by atoms with E-state index >= 15 is 0 Å². The van der Waals surface area contributed by atoms with Crippen LogP contribution in [0.15, 0.2) is 36.3 Å². The summed E-state index contributed by atoms with van der Waals surface area (Å²) in [6.07, 6.45) is 5.15. The van der Waals surface area contributed by atoms with E-state index in [2.05, 4.69) is 48.9 Å². The monoisotopic (exact) mass is 456 g/mol. The highest BCUT2D eigenvalue weighted by Gasteiger charge is 2.36. The van der Waals surface area contributed by atoms with E-state index in [0.717, 1.165) is 47.0 Å². The molecule has 0 radical (unpaired) electrons. The van der Waals surface area contributed by atoms with Crippen molar-refractivity contribution >= 4 is 34.6 Å². The Labute approximate surface area is 192 Å². The molecule has 0 spiro atoms. The molecular weight excluding hydrogens is 431 g/mol. The summed E-state index contributed by atoms with van der Waals surface area (Å²) >= 11 is 12.7. The zero-order valence-corrected chi connectivity index (χ0v) is 19.7. The van der Waals surface area contributed by atoms with Crippen LogP contribution in [0.2, 0.25) is 10.0 Å². The first-order valence-electron chi connectivity index (χ1n) is 10.7. The predicted octanol–water partition coefficient (Wildman–Crippen LogP) is 6.25. The van der Waals surface area contributed by atoms with Crippen molar-refractivity contribution in [2.24, 2.45) is 0 Å². The molecule has 1 aliphatic heterocycles. The molecular formula is C23H26Cl2N6. The first-order chi connectivity index (χ1) is 14.7. The standard InChI is InChI=1S/C23H26Cl2N6/c1-13-20(22-26-12-27-30(22)15-6-5-7-15)21(14-8-9-16(24)17(25)10-14)31-19(28-13)11-18(29-31)23(2,3)4/h8-12,15,21,28H,5-7H2,1-4H3/t21-/m1/s1. The summed E-state index contributed by atoms with van der Waals surface area (Å²) in [4.78, 5) is 4.69. The van der Waals surface area contributed by atoms with Crippen molar-refractivity contribution in [2.45, 2.75) is 64.5 Å². The largest absolute Gasteiger partial charge is 0.344 e. The number of aromatic nitrogens is 5. The number of nitrogens with one attached hydrogen (secondary N) is 1. The number of benzene rings is 1. The second-order valence-electron chi connectivity index (χ2n) is 9.46. The van der Waals surface area contributed by atoms with Crippen LogP contribution in [0.3, 0.4) is 0 Å². The molecule has 2 aromatic heterocycles. The van der Waals surface area contributed by atoms with Crippen LogP contribution in [0.5, 0.6) is 0 Å². The maximum absolute atomic E-state index is 6.43. The molecule has 6 nitrogen and oxygen atoms in total. The van der Waals surface area contributed by atoms with Gasteiger partial charge in [0.15, 0.2) is 5.82 Å². The van der Waals surface area contributed by atoms with Crippen LogP contribution >= 0.6 is 23.2 Å². The first kappa shape index (κ1) is 20.6. The Balaban J connectivity index is 1.71. The Hall–Kier alpha value is -2.31. The summed E-state index contributed by atoms with van der Waals surface area (Å²) < 4.78 is 4.12. The Morgan fingerprint density at radius 3 is 2.48 bits per heavy atom. The van der Waals surface area contributed by atoms with E-state index in [0.29, 0.717) is 16.1 Å². The number of fused-ring (bicyclic) bond motifs is 1. The van der Waals surface area contributed by atoms with Gasteiger partial charge in [-0.3, -0.25) is 0 Å². The molecule has 5 rings (SSSR count). The van der Waals surface area contributed by atoms with Gasteiger partial charge in [-0.1, -0.05) is 50.0 Å². The lowest BCUT2D eigenvalue weighted by Gasteiger charge is -2.32. The number of allylic oxidation sites excluding steroid dienone is 2. The second kappa shape index (κ2) is 7.38. The van der Waals surface area contributed by atoms with E-state index in [1.54, 1.807) is 6.33 Å². The molecule has 31 heavy (non-hydrogen) atoms. The van der Waals surface area contributed by atoms with Crippen LogP contribution in [-0.2, 0) is 5.41 Å². The van der Waals surface area contributed by atoms with Gasteiger partial charge in [0.1, 0.15) is 18.2 Å². The molecule has 0 unspecified atom stereocenters. The van der Waals surface area contributed by atoms with Gasteiger partial charge >= 0.3 is 0 Å². The Kier molecular flexibility index (Phi) is 4.90. The molecule has 1 aliphatic carbocycles. The van der Waals surface area contributed by atoms with Crippen LogP contribution in [0, 0.1) is 0 Å². The van der Waals surface area contributed by atoms with Gasteiger partial charge in [-0.15, -0.1) is 0 Å². The number of hydrogen-bond acceptors (Lipinski definition) is 4. The van der Waals surface area contributed by atoms with Gasteiger partial charge in [0.25, 0.3) is 0 Å². The fraction of sp³-hybridized carbons (Fsp3) is 0.435. The zero-order valence-electron chi connectivity index (χ0n) is 18.2. The molecule has 1 atom stereocenters. The molecule has 1 saturated carbocycles. The van der Waals surface area contributed by atoms with Crippen molar-refractivity contribution < 1.29 is 0 Å². The topological polar surface area (TPSA) is 60.6 Å². The lowest BCUT2D eigenvalue weighted by molar-refractivity contribution is 0.286. The van der Waals surface area contributed by atoms with E-state index in [9.17, 15) is 0 Å². The maximum Gasteiger partial charge on any atom is 0.158 e. The summed E-state index contributed by atoms with van der Waals surface area (Å²) in [5.41, 5.74) is 4.05. The molecule has 3 aromatic rings. The number of rotatable bonds is 3. The highest BCUT2D eigenvalue weighted by atomic mass is 35.5. The lowest BCUT2D eigenvalue weighted by atomic mass is 9.91. The molecule has 1 N–H and O–H groups in total. The van der Waals surface area contributed by atoms with Crippen LogP contribution in [0.1, 0.15) is 76.1 Å². The van der Waals surface area contributed by atoms with Crippen molar-refractivity contribution in [1.29, 1.82) is 0 Å². The third kappa shape index (κ3) is 3.46. The molecule has 1 fully saturated rings. The van der Waals surface area contributed by atoms with Gasteiger partial charge in [-0.25, -0.2) is 14.3 Å². The van der Waals surface area contributed by atoms with Gasteiger partial charge in [-0.2, -0.15) is 10.2 Å². The van der Waals surface area contributed by atoms with Crippen molar-refractivity contribution in [3.63, 3.8) is 0 Å². The Morgan fingerprint density at radius 1 is 1.06 bits per heavy atom. The zero-order chi connectivity index (χ0) is 21.9. The normalized spacial score (nSPS) is 19.2. The third-order valence-electron chi connectivity index (χ3n) is 6.24. The number of anilines is 1. The minimum Gasteiger partial charge on any atom is -0.344 e. The van der Waals surface area contributed by atoms with Crippen LogP contribution in [0.25, 0.3) is 5.57 Å². The fourth-order valence-electron chi connectivity index (χ4n) is 4.26. The van der Waals surface area contributed by atoms with E-state index in [1.165, 1.54) is 6.42 Å². The summed E-state index contributed by atoms with van der Waals surface area (Å²) in [5.74, 6) is 1.83. The quantitative estimate of drug-likeness (QED) is 0.505. The SMILES string of the molecule is CC1=C(c2ncnn2C2CCC2)[C@@H](c2ccc(Cl)c(Cl)c2)n2nc(C(C)(C)C)cc2N1. The summed E-state index contributed by atoms with van der Waals surface area (Å²) in [6.45, 7) is 8.60. The molecule has 0 bridgehead atoms. The van der Waals surface area contributed by atoms with E-state index < -0.39 is 0 Å². The average molecular weight is 457 g/mol. The molecule has 1 aromatic carbocycles. The van der Waals surface area contributed by atoms with Gasteiger partial charge in [0.05, 0.1) is 21.8 Å². The van der Waals surface area contributed by atoms with Crippen molar-refractivity contribution in [3.8, 4) is 0 Å². The molecule has 162 valence electrons. The van der Waals surface area contributed by atoms with Gasteiger partial charge in [0.2, 0.25) is 0 Å². The van der Waals surface area contributed by atoms with E-state index in [4.69, 9.17) is 33.3 Å². The molecule has 3 heterocycles.